The lowest BCUT2D eigenvalue weighted by atomic mass is 9.76. The van der Waals surface area contributed by atoms with Crippen molar-refractivity contribution in [3.05, 3.63) is 177 Å². The molecule has 0 aliphatic rings. The fourth-order valence-electron chi connectivity index (χ4n) is 6.69. The highest BCUT2D eigenvalue weighted by atomic mass is 19.4. The van der Waals surface area contributed by atoms with E-state index >= 15 is 0 Å². The predicted molar refractivity (Wildman–Crippen MR) is 186 cm³/mol. The third-order valence-electron chi connectivity index (χ3n) is 9.18. The molecule has 5 nitrogen and oxygen atoms in total. The summed E-state index contributed by atoms with van der Waals surface area (Å²) in [5, 5.41) is 4.79. The molecule has 0 aliphatic heterocycles. The van der Waals surface area contributed by atoms with Crippen LogP contribution in [0.3, 0.4) is 0 Å². The van der Waals surface area contributed by atoms with E-state index in [-0.39, 0.29) is 17.7 Å². The number of pyridine rings is 1. The first-order chi connectivity index (χ1) is 23.6. The minimum atomic E-state index is -4.75. The van der Waals surface area contributed by atoms with Gasteiger partial charge in [-0.15, -0.1) is 0 Å². The number of esters is 1. The third kappa shape index (κ3) is 6.27. The Morgan fingerprint density at radius 1 is 0.755 bits per heavy atom. The van der Waals surface area contributed by atoms with E-state index in [1.54, 1.807) is 36.4 Å². The van der Waals surface area contributed by atoms with Gasteiger partial charge in [-0.1, -0.05) is 127 Å². The summed E-state index contributed by atoms with van der Waals surface area (Å²) in [6.07, 6.45) is -4.61. The van der Waals surface area contributed by atoms with Crippen LogP contribution < -0.4 is 10.9 Å². The SMILES string of the molecule is COC(=O)[C@H](Cc1ccc(-c2c(C(F)(F)F)cc(C)n(C)c2=O)c2ccccc12)NC(c1ccccc1)(c1ccccc1)c1ccccc1. The molecule has 6 aromatic rings. The van der Waals surface area contributed by atoms with E-state index in [2.05, 4.69) is 5.32 Å². The van der Waals surface area contributed by atoms with E-state index in [1.165, 1.54) is 25.6 Å². The first kappa shape index (κ1) is 33.4. The predicted octanol–water partition coefficient (Wildman–Crippen LogP) is 8.20. The van der Waals surface area contributed by atoms with Crippen molar-refractivity contribution in [2.24, 2.45) is 7.05 Å². The molecular formula is C41H35F3N2O3. The van der Waals surface area contributed by atoms with Gasteiger partial charge in [0.2, 0.25) is 0 Å². The molecule has 0 spiro atoms. The summed E-state index contributed by atoms with van der Waals surface area (Å²) in [5.74, 6) is -0.507. The van der Waals surface area contributed by atoms with Crippen LogP contribution in [0.4, 0.5) is 13.2 Å². The molecule has 0 amide bonds. The standard InChI is InChI=1S/C41H35F3N2O3/c1-27-25-35(41(42,43)44)37(38(47)46(27)2)34-24-23-28(32-21-13-14-22-33(32)34)26-36(39(48)49-3)45-40(29-15-7-4-8-16-29,30-17-9-5-10-18-30)31-19-11-6-12-20-31/h4-25,36,45H,26H2,1-3H3/t36-/m0/s1. The minimum Gasteiger partial charge on any atom is -0.468 e. The molecule has 1 aromatic heterocycles. The molecular weight excluding hydrogens is 625 g/mol. The lowest BCUT2D eigenvalue weighted by molar-refractivity contribution is -0.143. The second-order valence-electron chi connectivity index (χ2n) is 12.0. The van der Waals surface area contributed by atoms with Crippen LogP contribution in [-0.4, -0.2) is 23.7 Å². The Balaban J connectivity index is 1.54. The number of methoxy groups -OCH3 is 1. The van der Waals surface area contributed by atoms with Crippen molar-refractivity contribution in [2.45, 2.75) is 31.1 Å². The van der Waals surface area contributed by atoms with Crippen molar-refractivity contribution < 1.29 is 22.7 Å². The maximum Gasteiger partial charge on any atom is 0.417 e. The molecule has 5 aromatic carbocycles. The van der Waals surface area contributed by atoms with Crippen LogP contribution in [0, 0.1) is 6.92 Å². The van der Waals surface area contributed by atoms with Gasteiger partial charge in [0, 0.05) is 12.7 Å². The first-order valence-corrected chi connectivity index (χ1v) is 15.9. The number of rotatable bonds is 9. The van der Waals surface area contributed by atoms with Crippen molar-refractivity contribution in [2.75, 3.05) is 7.11 Å². The van der Waals surface area contributed by atoms with Crippen LogP contribution >= 0.6 is 0 Å². The van der Waals surface area contributed by atoms with Gasteiger partial charge >= 0.3 is 12.1 Å². The Morgan fingerprint density at radius 2 is 1.24 bits per heavy atom. The number of carbonyl (C=O) groups is 1. The average molecular weight is 661 g/mol. The number of nitrogens with one attached hydrogen (secondary N) is 1. The fourth-order valence-corrected chi connectivity index (χ4v) is 6.69. The van der Waals surface area contributed by atoms with E-state index in [1.807, 2.05) is 91.0 Å². The van der Waals surface area contributed by atoms with Crippen LogP contribution in [0.25, 0.3) is 21.9 Å². The van der Waals surface area contributed by atoms with Crippen molar-refractivity contribution in [3.63, 3.8) is 0 Å². The maximum atomic E-state index is 14.4. The van der Waals surface area contributed by atoms with Gasteiger partial charge in [0.05, 0.1) is 23.8 Å². The number of aryl methyl sites for hydroxylation is 1. The summed E-state index contributed by atoms with van der Waals surface area (Å²) in [6, 6.07) is 39.9. The maximum absolute atomic E-state index is 14.4. The summed E-state index contributed by atoms with van der Waals surface area (Å²) in [7, 11) is 2.79. The molecule has 1 heterocycles. The molecule has 6 rings (SSSR count). The fraction of sp³-hybridized carbons (Fsp3) is 0.171. The highest BCUT2D eigenvalue weighted by Crippen LogP contribution is 2.40. The molecule has 0 saturated carbocycles. The Kier molecular flexibility index (Phi) is 9.26. The molecule has 0 fully saturated rings. The quantitative estimate of drug-likeness (QED) is 0.126. The van der Waals surface area contributed by atoms with Crippen molar-refractivity contribution in [3.8, 4) is 11.1 Å². The van der Waals surface area contributed by atoms with Crippen LogP contribution in [0.5, 0.6) is 0 Å². The molecule has 0 radical (unpaired) electrons. The first-order valence-electron chi connectivity index (χ1n) is 15.9. The Morgan fingerprint density at radius 3 is 1.73 bits per heavy atom. The number of carbonyl (C=O) groups excluding carboxylic acids is 1. The minimum absolute atomic E-state index is 0.139. The van der Waals surface area contributed by atoms with Crippen molar-refractivity contribution in [1.82, 2.24) is 9.88 Å². The topological polar surface area (TPSA) is 60.3 Å². The second-order valence-corrected chi connectivity index (χ2v) is 12.0. The molecule has 8 heteroatoms. The Bertz CT molecular complexity index is 2070. The van der Waals surface area contributed by atoms with E-state index in [0.717, 1.165) is 22.8 Å². The number of ether oxygens (including phenoxy) is 1. The number of halogens is 3. The molecule has 0 aliphatic carbocycles. The summed E-state index contributed by atoms with van der Waals surface area (Å²) < 4.78 is 49.7. The average Bonchev–Trinajstić information content (AvgIpc) is 3.13. The summed E-state index contributed by atoms with van der Waals surface area (Å²) in [5.41, 5.74) is 0.633. The molecule has 0 unspecified atom stereocenters. The van der Waals surface area contributed by atoms with Gasteiger partial charge in [-0.05, 0) is 58.0 Å². The zero-order valence-electron chi connectivity index (χ0n) is 27.3. The van der Waals surface area contributed by atoms with Gasteiger partial charge < -0.3 is 9.30 Å². The Hall–Kier alpha value is -5.47. The molecule has 49 heavy (non-hydrogen) atoms. The number of aromatic nitrogens is 1. The van der Waals surface area contributed by atoms with Crippen molar-refractivity contribution >= 4 is 16.7 Å². The summed E-state index contributed by atoms with van der Waals surface area (Å²) >= 11 is 0. The lowest BCUT2D eigenvalue weighted by Crippen LogP contribution is -2.53. The summed E-state index contributed by atoms with van der Waals surface area (Å²) in [4.78, 5) is 27.2. The van der Waals surface area contributed by atoms with E-state index in [0.29, 0.717) is 16.3 Å². The van der Waals surface area contributed by atoms with E-state index in [9.17, 15) is 22.8 Å². The van der Waals surface area contributed by atoms with Gasteiger partial charge in [0.15, 0.2) is 0 Å². The van der Waals surface area contributed by atoms with Gasteiger partial charge in [-0.25, -0.2) is 0 Å². The highest BCUT2D eigenvalue weighted by molar-refractivity contribution is 5.99. The number of nitrogens with zero attached hydrogens (tertiary/aromatic N) is 1. The largest absolute Gasteiger partial charge is 0.468 e. The number of hydrogen-bond acceptors (Lipinski definition) is 4. The van der Waals surface area contributed by atoms with Crippen molar-refractivity contribution in [1.29, 1.82) is 0 Å². The van der Waals surface area contributed by atoms with E-state index in [4.69, 9.17) is 4.74 Å². The van der Waals surface area contributed by atoms with Crippen LogP contribution in [0.2, 0.25) is 0 Å². The summed E-state index contributed by atoms with van der Waals surface area (Å²) in [6.45, 7) is 1.47. The lowest BCUT2D eigenvalue weighted by Gasteiger charge is -2.39. The van der Waals surface area contributed by atoms with Crippen LogP contribution in [0.1, 0.15) is 33.5 Å². The molecule has 0 saturated heterocycles. The van der Waals surface area contributed by atoms with Gasteiger partial charge in [0.25, 0.3) is 5.56 Å². The van der Waals surface area contributed by atoms with Crippen LogP contribution in [-0.2, 0) is 34.7 Å². The van der Waals surface area contributed by atoms with Gasteiger partial charge in [0.1, 0.15) is 6.04 Å². The number of alkyl halides is 3. The zero-order valence-corrected chi connectivity index (χ0v) is 27.3. The van der Waals surface area contributed by atoms with Gasteiger partial charge in [-0.2, -0.15) is 13.2 Å². The molecule has 1 atom stereocenters. The number of benzene rings is 5. The monoisotopic (exact) mass is 660 g/mol. The normalized spacial score (nSPS) is 12.5. The molecule has 248 valence electrons. The zero-order chi connectivity index (χ0) is 34.8. The third-order valence-corrected chi connectivity index (χ3v) is 9.18. The number of fused-ring (bicyclic) bond motifs is 1. The van der Waals surface area contributed by atoms with Crippen LogP contribution in [0.15, 0.2) is 138 Å². The molecule has 1 N–H and O–H groups in total. The number of hydrogen-bond donors (Lipinski definition) is 1. The highest BCUT2D eigenvalue weighted by Gasteiger charge is 2.41. The molecule has 0 bridgehead atoms. The Labute approximate surface area is 282 Å². The van der Waals surface area contributed by atoms with Gasteiger partial charge in [-0.3, -0.25) is 14.9 Å². The smallest absolute Gasteiger partial charge is 0.417 e. The second kappa shape index (κ2) is 13.6. The van der Waals surface area contributed by atoms with E-state index < -0.39 is 40.4 Å².